The van der Waals surface area contributed by atoms with Crippen LogP contribution >= 0.6 is 22.6 Å². The molecule has 1 aromatic carbocycles. The lowest BCUT2D eigenvalue weighted by atomic mass is 10.0. The maximum absolute atomic E-state index is 3.40. The summed E-state index contributed by atoms with van der Waals surface area (Å²) in [7, 11) is 0. The highest BCUT2D eigenvalue weighted by Crippen LogP contribution is 2.25. The van der Waals surface area contributed by atoms with Gasteiger partial charge < -0.3 is 5.32 Å². The summed E-state index contributed by atoms with van der Waals surface area (Å²) >= 11 is 2.40. The van der Waals surface area contributed by atoms with Crippen LogP contribution < -0.4 is 5.32 Å². The summed E-state index contributed by atoms with van der Waals surface area (Å²) < 4.78 is 1.40. The van der Waals surface area contributed by atoms with E-state index in [9.17, 15) is 0 Å². The molecule has 1 heterocycles. The second-order valence-corrected chi connectivity index (χ2v) is 3.96. The van der Waals surface area contributed by atoms with E-state index in [1.807, 2.05) is 0 Å². The highest BCUT2D eigenvalue weighted by Gasteiger charge is 2.09. The molecular weight excluding hydrogens is 249 g/mol. The van der Waals surface area contributed by atoms with Crippen molar-refractivity contribution >= 4 is 28.3 Å². The second-order valence-electron chi connectivity index (χ2n) is 2.80. The molecule has 0 fully saturated rings. The van der Waals surface area contributed by atoms with Gasteiger partial charge in [0.05, 0.1) is 0 Å². The third-order valence-corrected chi connectivity index (χ3v) is 3.05. The van der Waals surface area contributed by atoms with Gasteiger partial charge in [0.1, 0.15) is 0 Å². The van der Waals surface area contributed by atoms with E-state index in [4.69, 9.17) is 0 Å². The molecule has 1 aromatic rings. The zero-order valence-corrected chi connectivity index (χ0v) is 8.39. The molecule has 58 valence electrons. The van der Waals surface area contributed by atoms with Crippen molar-refractivity contribution in [3.63, 3.8) is 0 Å². The Morgan fingerprint density at radius 3 is 3.09 bits per heavy atom. The molecule has 0 saturated carbocycles. The Morgan fingerprint density at radius 1 is 1.36 bits per heavy atom. The third-order valence-electron chi connectivity index (χ3n) is 2.04. The van der Waals surface area contributed by atoms with Crippen LogP contribution in [-0.2, 0) is 6.42 Å². The quantitative estimate of drug-likeness (QED) is 0.706. The number of halogens is 1. The summed E-state index contributed by atoms with van der Waals surface area (Å²) in [4.78, 5) is 0. The Hall–Kier alpha value is -0.250. The van der Waals surface area contributed by atoms with E-state index in [-0.39, 0.29) is 0 Å². The fraction of sp³-hybridized carbons (Fsp3) is 0.333. The minimum absolute atomic E-state index is 1.13. The minimum Gasteiger partial charge on any atom is -0.385 e. The van der Waals surface area contributed by atoms with Gasteiger partial charge in [-0.3, -0.25) is 0 Å². The molecule has 0 saturated heterocycles. The van der Waals surface area contributed by atoms with Crippen molar-refractivity contribution in [3.05, 3.63) is 27.3 Å². The first kappa shape index (κ1) is 7.40. The zero-order chi connectivity index (χ0) is 7.68. The summed E-state index contributed by atoms with van der Waals surface area (Å²) in [5.74, 6) is 0. The van der Waals surface area contributed by atoms with Crippen molar-refractivity contribution < 1.29 is 0 Å². The highest BCUT2D eigenvalue weighted by atomic mass is 127. The van der Waals surface area contributed by atoms with E-state index in [1.165, 1.54) is 27.7 Å². The lowest BCUT2D eigenvalue weighted by Gasteiger charge is -2.18. The summed E-state index contributed by atoms with van der Waals surface area (Å²) in [6.45, 7) is 1.13. The normalized spacial score (nSPS) is 15.4. The van der Waals surface area contributed by atoms with Gasteiger partial charge in [0.2, 0.25) is 0 Å². The maximum atomic E-state index is 3.40. The molecule has 0 radical (unpaired) electrons. The van der Waals surface area contributed by atoms with Crippen molar-refractivity contribution in [1.29, 1.82) is 0 Å². The molecule has 1 aliphatic heterocycles. The lowest BCUT2D eigenvalue weighted by molar-refractivity contribution is 0.826. The molecule has 1 nitrogen and oxygen atoms in total. The van der Waals surface area contributed by atoms with E-state index >= 15 is 0 Å². The number of rotatable bonds is 0. The molecule has 0 aliphatic carbocycles. The van der Waals surface area contributed by atoms with Crippen LogP contribution in [0.25, 0.3) is 0 Å². The van der Waals surface area contributed by atoms with Crippen molar-refractivity contribution in [1.82, 2.24) is 0 Å². The number of hydrogen-bond acceptors (Lipinski definition) is 1. The molecule has 1 N–H and O–H groups in total. The number of benzene rings is 1. The van der Waals surface area contributed by atoms with Crippen molar-refractivity contribution in [2.75, 3.05) is 11.9 Å². The highest BCUT2D eigenvalue weighted by molar-refractivity contribution is 14.1. The molecule has 2 rings (SSSR count). The van der Waals surface area contributed by atoms with Gasteiger partial charge in [-0.2, -0.15) is 0 Å². The zero-order valence-electron chi connectivity index (χ0n) is 6.23. The van der Waals surface area contributed by atoms with Gasteiger partial charge >= 0.3 is 0 Å². The average molecular weight is 259 g/mol. The van der Waals surface area contributed by atoms with Gasteiger partial charge in [0.15, 0.2) is 0 Å². The van der Waals surface area contributed by atoms with Gasteiger partial charge in [0.25, 0.3) is 0 Å². The summed E-state index contributed by atoms with van der Waals surface area (Å²) in [6.07, 6.45) is 2.51. The van der Waals surface area contributed by atoms with E-state index < -0.39 is 0 Å². The van der Waals surface area contributed by atoms with Crippen molar-refractivity contribution in [2.45, 2.75) is 12.8 Å². The number of nitrogens with one attached hydrogen (secondary N) is 1. The smallest absolute Gasteiger partial charge is 0.0383 e. The lowest BCUT2D eigenvalue weighted by Crippen LogP contribution is -2.12. The van der Waals surface area contributed by atoms with E-state index in [0.29, 0.717) is 0 Å². The van der Waals surface area contributed by atoms with Gasteiger partial charge in [0, 0.05) is 15.8 Å². The Bertz CT molecular complexity index is 270. The molecule has 0 unspecified atom stereocenters. The van der Waals surface area contributed by atoms with Crippen molar-refractivity contribution in [2.24, 2.45) is 0 Å². The Morgan fingerprint density at radius 2 is 2.27 bits per heavy atom. The average Bonchev–Trinajstić information content (AvgIpc) is 2.06. The van der Waals surface area contributed by atoms with Crippen LogP contribution in [0.4, 0.5) is 5.69 Å². The molecule has 2 heteroatoms. The van der Waals surface area contributed by atoms with Crippen LogP contribution in [0.5, 0.6) is 0 Å². The first-order chi connectivity index (χ1) is 5.38. The largest absolute Gasteiger partial charge is 0.385 e. The molecular formula is C9H10IN. The summed E-state index contributed by atoms with van der Waals surface area (Å²) in [5.41, 5.74) is 2.84. The maximum Gasteiger partial charge on any atom is 0.0383 e. The molecule has 0 atom stereocenters. The Balaban J connectivity index is 2.49. The van der Waals surface area contributed by atoms with Gasteiger partial charge in [-0.1, -0.05) is 6.07 Å². The van der Waals surface area contributed by atoms with Crippen LogP contribution in [0.15, 0.2) is 18.2 Å². The first-order valence-electron chi connectivity index (χ1n) is 3.89. The Labute approximate surface area is 80.3 Å². The predicted octanol–water partition coefficient (Wildman–Crippen LogP) is 2.65. The molecule has 0 spiro atoms. The topological polar surface area (TPSA) is 12.0 Å². The monoisotopic (exact) mass is 259 g/mol. The minimum atomic E-state index is 1.13. The summed E-state index contributed by atoms with van der Waals surface area (Å²) in [5, 5.41) is 3.40. The van der Waals surface area contributed by atoms with Crippen LogP contribution in [-0.4, -0.2) is 6.54 Å². The Kier molecular flexibility index (Phi) is 2.02. The predicted molar refractivity (Wildman–Crippen MR) is 56.0 cm³/mol. The van der Waals surface area contributed by atoms with Crippen molar-refractivity contribution in [3.8, 4) is 0 Å². The van der Waals surface area contributed by atoms with Gasteiger partial charge in [-0.25, -0.2) is 0 Å². The van der Waals surface area contributed by atoms with Gasteiger partial charge in [-0.15, -0.1) is 0 Å². The molecule has 0 amide bonds. The first-order valence-corrected chi connectivity index (χ1v) is 4.97. The van der Waals surface area contributed by atoms with Crippen LogP contribution in [0.2, 0.25) is 0 Å². The van der Waals surface area contributed by atoms with Gasteiger partial charge in [-0.05, 0) is 53.1 Å². The van der Waals surface area contributed by atoms with E-state index in [0.717, 1.165) is 6.54 Å². The third kappa shape index (κ3) is 1.36. The van der Waals surface area contributed by atoms with Crippen LogP contribution in [0.3, 0.4) is 0 Å². The molecule has 0 aromatic heterocycles. The second kappa shape index (κ2) is 3.01. The molecule has 0 bridgehead atoms. The number of anilines is 1. The fourth-order valence-corrected chi connectivity index (χ4v) is 2.23. The number of hydrogen-bond donors (Lipinski definition) is 1. The molecule has 1 aliphatic rings. The van der Waals surface area contributed by atoms with E-state index in [1.54, 1.807) is 0 Å². The SMILES string of the molecule is Ic1cccc2c1CCCN2. The summed E-state index contributed by atoms with van der Waals surface area (Å²) in [6, 6.07) is 6.45. The fourth-order valence-electron chi connectivity index (χ4n) is 1.47. The van der Waals surface area contributed by atoms with E-state index in [2.05, 4.69) is 46.1 Å². The number of fused-ring (bicyclic) bond motifs is 1. The standard InChI is InChI=1S/C9H10IN/c10-8-4-1-5-9-7(8)3-2-6-11-9/h1,4-5,11H,2-3,6H2. The van der Waals surface area contributed by atoms with Crippen LogP contribution in [0, 0.1) is 3.57 Å². The van der Waals surface area contributed by atoms with Crippen LogP contribution in [0.1, 0.15) is 12.0 Å². The molecule has 11 heavy (non-hydrogen) atoms.